The lowest BCUT2D eigenvalue weighted by Gasteiger charge is -2.28. The van der Waals surface area contributed by atoms with E-state index >= 15 is 0 Å². The number of hydrogen-bond donors (Lipinski definition) is 0. The van der Waals surface area contributed by atoms with Gasteiger partial charge >= 0.3 is 6.16 Å². The molecule has 2 aliphatic rings. The Morgan fingerprint density at radius 3 is 3.00 bits per heavy atom. The molecule has 0 radical (unpaired) electrons. The van der Waals surface area contributed by atoms with Crippen molar-refractivity contribution in [2.45, 2.75) is 18.4 Å². The Labute approximate surface area is 76.5 Å². The number of epoxide rings is 1. The molecule has 2 saturated heterocycles. The van der Waals surface area contributed by atoms with Gasteiger partial charge in [-0.1, -0.05) is 0 Å². The van der Waals surface area contributed by atoms with E-state index in [-0.39, 0.29) is 5.60 Å². The maximum atomic E-state index is 10.8. The van der Waals surface area contributed by atoms with E-state index in [0.29, 0.717) is 6.54 Å². The van der Waals surface area contributed by atoms with Crippen molar-refractivity contribution in [1.82, 2.24) is 5.06 Å². The number of rotatable bonds is 1. The van der Waals surface area contributed by atoms with Crippen molar-refractivity contribution in [3.05, 3.63) is 0 Å². The summed E-state index contributed by atoms with van der Waals surface area (Å²) >= 11 is 0. The lowest BCUT2D eigenvalue weighted by molar-refractivity contribution is -0.146. The molecule has 5 heteroatoms. The second-order valence-corrected chi connectivity index (χ2v) is 3.48. The quantitative estimate of drug-likeness (QED) is 0.443. The van der Waals surface area contributed by atoms with Gasteiger partial charge in [0.05, 0.1) is 20.3 Å². The molecule has 0 aromatic rings. The van der Waals surface area contributed by atoms with Gasteiger partial charge in [0.2, 0.25) is 0 Å². The van der Waals surface area contributed by atoms with Crippen molar-refractivity contribution in [2.24, 2.45) is 0 Å². The number of ether oxygens (including phenoxy) is 2. The van der Waals surface area contributed by atoms with Crippen LogP contribution in [-0.4, -0.2) is 43.6 Å². The fraction of sp³-hybridized carbons (Fsp3) is 0.875. The molecular formula is C8H13NO4. The van der Waals surface area contributed by atoms with Crippen LogP contribution in [0.3, 0.4) is 0 Å². The van der Waals surface area contributed by atoms with E-state index in [9.17, 15) is 4.79 Å². The van der Waals surface area contributed by atoms with E-state index in [1.807, 2.05) is 0 Å². The highest BCUT2D eigenvalue weighted by molar-refractivity contribution is 5.59. The molecule has 0 saturated carbocycles. The van der Waals surface area contributed by atoms with Gasteiger partial charge < -0.3 is 14.3 Å². The van der Waals surface area contributed by atoms with Crippen molar-refractivity contribution in [2.75, 3.05) is 26.8 Å². The smallest absolute Gasteiger partial charge is 0.436 e. The van der Waals surface area contributed by atoms with Gasteiger partial charge in [0.15, 0.2) is 0 Å². The predicted octanol–water partition coefficient (Wildman–Crippen LogP) is 0.549. The van der Waals surface area contributed by atoms with Crippen LogP contribution >= 0.6 is 0 Å². The molecule has 2 heterocycles. The van der Waals surface area contributed by atoms with Gasteiger partial charge in [-0.15, -0.1) is 5.06 Å². The van der Waals surface area contributed by atoms with Crippen LogP contribution in [0.15, 0.2) is 0 Å². The van der Waals surface area contributed by atoms with Crippen molar-refractivity contribution in [3.8, 4) is 0 Å². The van der Waals surface area contributed by atoms with E-state index in [0.717, 1.165) is 26.0 Å². The van der Waals surface area contributed by atoms with E-state index in [1.54, 1.807) is 5.06 Å². The van der Waals surface area contributed by atoms with Crippen LogP contribution in [0.1, 0.15) is 12.8 Å². The minimum atomic E-state index is -0.655. The van der Waals surface area contributed by atoms with E-state index in [1.165, 1.54) is 7.11 Å². The molecule has 13 heavy (non-hydrogen) atoms. The van der Waals surface area contributed by atoms with Crippen molar-refractivity contribution in [1.29, 1.82) is 0 Å². The van der Waals surface area contributed by atoms with Crippen LogP contribution in [0.25, 0.3) is 0 Å². The number of methoxy groups -OCH3 is 1. The molecule has 1 spiro atoms. The van der Waals surface area contributed by atoms with Crippen LogP contribution in [0.2, 0.25) is 0 Å². The molecule has 1 unspecified atom stereocenters. The van der Waals surface area contributed by atoms with E-state index < -0.39 is 6.16 Å². The first-order chi connectivity index (χ1) is 6.24. The zero-order valence-corrected chi connectivity index (χ0v) is 7.62. The second-order valence-electron chi connectivity index (χ2n) is 3.48. The summed E-state index contributed by atoms with van der Waals surface area (Å²) in [5, 5.41) is 1.61. The Bertz CT molecular complexity index is 214. The molecular weight excluding hydrogens is 174 g/mol. The van der Waals surface area contributed by atoms with Gasteiger partial charge in [0.25, 0.3) is 0 Å². The number of piperidine rings is 1. The summed E-state index contributed by atoms with van der Waals surface area (Å²) in [6.45, 7) is 2.22. The molecule has 0 aliphatic carbocycles. The van der Waals surface area contributed by atoms with Gasteiger partial charge in [-0.3, -0.25) is 0 Å². The van der Waals surface area contributed by atoms with E-state index in [2.05, 4.69) is 4.74 Å². The van der Waals surface area contributed by atoms with E-state index in [4.69, 9.17) is 9.57 Å². The average Bonchev–Trinajstić information content (AvgIpc) is 2.85. The molecule has 0 aromatic heterocycles. The minimum Gasteiger partial charge on any atom is -0.436 e. The molecule has 2 fully saturated rings. The van der Waals surface area contributed by atoms with Crippen LogP contribution in [0.4, 0.5) is 4.79 Å². The summed E-state index contributed by atoms with van der Waals surface area (Å²) in [6, 6.07) is 0. The standard InChI is InChI=1S/C8H13NO4/c1-11-7(10)13-9-4-2-3-8(5-9)6-12-8/h2-6H2,1H3. The lowest BCUT2D eigenvalue weighted by Crippen LogP contribution is -2.41. The first kappa shape index (κ1) is 8.77. The minimum absolute atomic E-state index is 0.0216. The number of carbonyl (C=O) groups is 1. The third kappa shape index (κ3) is 1.92. The third-order valence-corrected chi connectivity index (χ3v) is 2.43. The maximum absolute atomic E-state index is 10.8. The molecule has 0 aromatic carbocycles. The molecule has 74 valence electrons. The molecule has 2 aliphatic heterocycles. The Kier molecular flexibility index (Phi) is 2.13. The fourth-order valence-electron chi connectivity index (χ4n) is 1.62. The molecule has 2 rings (SSSR count). The number of carbonyl (C=O) groups excluding carboxylic acids is 1. The first-order valence-electron chi connectivity index (χ1n) is 4.39. The number of nitrogens with zero attached hydrogens (tertiary/aromatic N) is 1. The summed E-state index contributed by atoms with van der Waals surface area (Å²) in [5.74, 6) is 0. The Balaban J connectivity index is 1.82. The van der Waals surface area contributed by atoms with Crippen molar-refractivity contribution >= 4 is 6.16 Å². The van der Waals surface area contributed by atoms with Crippen LogP contribution in [0.5, 0.6) is 0 Å². The Morgan fingerprint density at radius 1 is 1.62 bits per heavy atom. The van der Waals surface area contributed by atoms with Crippen LogP contribution in [-0.2, 0) is 14.3 Å². The third-order valence-electron chi connectivity index (χ3n) is 2.43. The highest BCUT2D eigenvalue weighted by Crippen LogP contribution is 2.36. The number of hydroxylamine groups is 2. The average molecular weight is 187 g/mol. The van der Waals surface area contributed by atoms with Gasteiger partial charge in [0, 0.05) is 6.54 Å². The second kappa shape index (κ2) is 3.16. The summed E-state index contributed by atoms with van der Waals surface area (Å²) in [5.41, 5.74) is -0.0216. The van der Waals surface area contributed by atoms with Crippen molar-refractivity contribution in [3.63, 3.8) is 0 Å². The van der Waals surface area contributed by atoms with Gasteiger partial charge in [0.1, 0.15) is 5.60 Å². The molecule has 0 N–H and O–H groups in total. The lowest BCUT2D eigenvalue weighted by atomic mass is 10.0. The summed E-state index contributed by atoms with van der Waals surface area (Å²) < 4.78 is 9.71. The molecule has 5 nitrogen and oxygen atoms in total. The zero-order chi connectivity index (χ0) is 9.31. The van der Waals surface area contributed by atoms with Crippen LogP contribution < -0.4 is 0 Å². The SMILES string of the molecule is COC(=O)ON1CCCC2(CO2)C1. The predicted molar refractivity (Wildman–Crippen MR) is 43.0 cm³/mol. The Morgan fingerprint density at radius 2 is 2.38 bits per heavy atom. The van der Waals surface area contributed by atoms with Gasteiger partial charge in [-0.05, 0) is 12.8 Å². The Hall–Kier alpha value is -0.810. The van der Waals surface area contributed by atoms with Crippen LogP contribution in [0, 0.1) is 0 Å². The largest absolute Gasteiger partial charge is 0.527 e. The highest BCUT2D eigenvalue weighted by Gasteiger charge is 2.48. The normalized spacial score (nSPS) is 33.0. The zero-order valence-electron chi connectivity index (χ0n) is 7.62. The summed E-state index contributed by atoms with van der Waals surface area (Å²) in [4.78, 5) is 15.7. The number of hydrogen-bond acceptors (Lipinski definition) is 5. The molecule has 0 bridgehead atoms. The van der Waals surface area contributed by atoms with Gasteiger partial charge in [-0.25, -0.2) is 4.79 Å². The summed E-state index contributed by atoms with van der Waals surface area (Å²) in [7, 11) is 1.30. The summed E-state index contributed by atoms with van der Waals surface area (Å²) in [6.07, 6.45) is 1.41. The fourth-order valence-corrected chi connectivity index (χ4v) is 1.62. The van der Waals surface area contributed by atoms with Crippen molar-refractivity contribution < 1.29 is 19.1 Å². The highest BCUT2D eigenvalue weighted by atomic mass is 16.8. The molecule has 1 atom stereocenters. The van der Waals surface area contributed by atoms with Gasteiger partial charge in [-0.2, -0.15) is 0 Å². The monoisotopic (exact) mass is 187 g/mol. The maximum Gasteiger partial charge on any atom is 0.527 e. The first-order valence-corrected chi connectivity index (χ1v) is 4.39. The topological polar surface area (TPSA) is 51.3 Å². The molecule has 0 amide bonds.